The molecule has 1 aromatic carbocycles. The van der Waals surface area contributed by atoms with Crippen molar-refractivity contribution in [1.82, 2.24) is 24.6 Å². The van der Waals surface area contributed by atoms with Gasteiger partial charge in [0, 0.05) is 56.2 Å². The fourth-order valence-electron chi connectivity index (χ4n) is 3.52. The van der Waals surface area contributed by atoms with Crippen LogP contribution in [0.2, 0.25) is 0 Å². The summed E-state index contributed by atoms with van der Waals surface area (Å²) in [6.07, 6.45) is 5.47. The molecule has 0 unspecified atom stereocenters. The first-order valence-electron chi connectivity index (χ1n) is 9.34. The first-order chi connectivity index (χ1) is 13.2. The largest absolute Gasteiger partial charge is 0.304 e. The van der Waals surface area contributed by atoms with Crippen LogP contribution in [-0.4, -0.2) is 64.3 Å². The maximum Gasteiger partial charge on any atom is 0.123 e. The first-order valence-corrected chi connectivity index (χ1v) is 9.34. The van der Waals surface area contributed by atoms with E-state index >= 15 is 0 Å². The van der Waals surface area contributed by atoms with Crippen molar-refractivity contribution in [3.05, 3.63) is 60.8 Å². The molecule has 27 heavy (non-hydrogen) atoms. The average molecular weight is 365 g/mol. The van der Waals surface area contributed by atoms with Crippen LogP contribution < -0.4 is 0 Å². The molecule has 0 bridgehead atoms. The summed E-state index contributed by atoms with van der Waals surface area (Å²) in [5.41, 5.74) is 4.10. The van der Waals surface area contributed by atoms with Gasteiger partial charge in [-0.15, -0.1) is 0 Å². The molecule has 0 saturated carbocycles. The monoisotopic (exact) mass is 365 g/mol. The number of rotatable bonds is 5. The molecule has 0 aliphatic carbocycles. The SMILES string of the molecule is CN1CCN(CCn2ncc(-c3ccncc3)c2-c2ccc(F)cc2)CC1. The van der Waals surface area contributed by atoms with Gasteiger partial charge in [-0.2, -0.15) is 5.10 Å². The Morgan fingerprint density at radius 1 is 0.889 bits per heavy atom. The summed E-state index contributed by atoms with van der Waals surface area (Å²) in [6, 6.07) is 10.6. The lowest BCUT2D eigenvalue weighted by Crippen LogP contribution is -2.45. The summed E-state index contributed by atoms with van der Waals surface area (Å²) in [7, 11) is 2.17. The lowest BCUT2D eigenvalue weighted by Gasteiger charge is -2.32. The molecule has 0 atom stereocenters. The third-order valence-electron chi connectivity index (χ3n) is 5.17. The van der Waals surface area contributed by atoms with E-state index in [2.05, 4.69) is 26.9 Å². The number of hydrogen-bond donors (Lipinski definition) is 0. The second-order valence-electron chi connectivity index (χ2n) is 7.02. The number of hydrogen-bond acceptors (Lipinski definition) is 4. The lowest BCUT2D eigenvalue weighted by atomic mass is 10.0. The van der Waals surface area contributed by atoms with Crippen molar-refractivity contribution in [2.24, 2.45) is 0 Å². The first kappa shape index (κ1) is 17.8. The van der Waals surface area contributed by atoms with Crippen LogP contribution in [0.15, 0.2) is 55.0 Å². The van der Waals surface area contributed by atoms with Crippen LogP contribution in [0.3, 0.4) is 0 Å². The highest BCUT2D eigenvalue weighted by atomic mass is 19.1. The summed E-state index contributed by atoms with van der Waals surface area (Å²) >= 11 is 0. The predicted molar refractivity (Wildman–Crippen MR) is 105 cm³/mol. The smallest absolute Gasteiger partial charge is 0.123 e. The zero-order valence-corrected chi connectivity index (χ0v) is 15.6. The van der Waals surface area contributed by atoms with E-state index in [1.807, 2.05) is 35.1 Å². The molecule has 1 aliphatic heterocycles. The topological polar surface area (TPSA) is 37.2 Å². The number of halogens is 1. The molecule has 1 saturated heterocycles. The van der Waals surface area contributed by atoms with Crippen LogP contribution in [0.25, 0.3) is 22.4 Å². The molecule has 0 radical (unpaired) electrons. The van der Waals surface area contributed by atoms with E-state index in [0.29, 0.717) is 0 Å². The van der Waals surface area contributed by atoms with Gasteiger partial charge < -0.3 is 4.90 Å². The van der Waals surface area contributed by atoms with Crippen molar-refractivity contribution in [2.45, 2.75) is 6.54 Å². The standard InChI is InChI=1S/C21H24FN5/c1-25-10-12-26(13-11-25)14-15-27-21(18-2-4-19(22)5-3-18)20(16-24-27)17-6-8-23-9-7-17/h2-9,16H,10-15H2,1H3. The van der Waals surface area contributed by atoms with E-state index in [4.69, 9.17) is 0 Å². The number of likely N-dealkylation sites (N-methyl/N-ethyl adjacent to an activating group) is 1. The average Bonchev–Trinajstić information content (AvgIpc) is 3.13. The van der Waals surface area contributed by atoms with E-state index < -0.39 is 0 Å². The van der Waals surface area contributed by atoms with E-state index in [9.17, 15) is 4.39 Å². The quantitative estimate of drug-likeness (QED) is 0.697. The maximum absolute atomic E-state index is 13.4. The minimum absolute atomic E-state index is 0.229. The van der Waals surface area contributed by atoms with E-state index in [0.717, 1.165) is 61.7 Å². The maximum atomic E-state index is 13.4. The summed E-state index contributed by atoms with van der Waals surface area (Å²) in [5, 5.41) is 4.66. The van der Waals surface area contributed by atoms with Crippen molar-refractivity contribution in [1.29, 1.82) is 0 Å². The Labute approximate surface area is 159 Å². The molecule has 2 aromatic heterocycles. The van der Waals surface area contributed by atoms with Gasteiger partial charge in [0.1, 0.15) is 5.82 Å². The normalized spacial score (nSPS) is 15.9. The number of pyridine rings is 1. The summed E-state index contributed by atoms with van der Waals surface area (Å²) in [5.74, 6) is -0.229. The molecule has 140 valence electrons. The molecule has 6 heteroatoms. The predicted octanol–water partition coefficient (Wildman–Crippen LogP) is 3.00. The van der Waals surface area contributed by atoms with Gasteiger partial charge in [0.25, 0.3) is 0 Å². The molecule has 1 fully saturated rings. The Bertz CT molecular complexity index is 867. The van der Waals surface area contributed by atoms with E-state index in [1.54, 1.807) is 12.4 Å². The number of aromatic nitrogens is 3. The van der Waals surface area contributed by atoms with Crippen LogP contribution in [0.4, 0.5) is 4.39 Å². The van der Waals surface area contributed by atoms with Gasteiger partial charge in [-0.05, 0) is 49.0 Å². The summed E-state index contributed by atoms with van der Waals surface area (Å²) in [6.45, 7) is 6.14. The molecule has 0 N–H and O–H groups in total. The Balaban J connectivity index is 1.63. The van der Waals surface area contributed by atoms with Crippen LogP contribution in [0, 0.1) is 5.82 Å². The molecule has 1 aliphatic rings. The number of piperazine rings is 1. The van der Waals surface area contributed by atoms with Gasteiger partial charge in [0.15, 0.2) is 0 Å². The Hall–Kier alpha value is -2.57. The van der Waals surface area contributed by atoms with Crippen LogP contribution in [0.5, 0.6) is 0 Å². The molecular weight excluding hydrogens is 341 g/mol. The second kappa shape index (κ2) is 7.98. The Kier molecular flexibility index (Phi) is 5.27. The highest BCUT2D eigenvalue weighted by Crippen LogP contribution is 2.32. The molecule has 4 rings (SSSR count). The second-order valence-corrected chi connectivity index (χ2v) is 7.02. The Morgan fingerprint density at radius 3 is 2.30 bits per heavy atom. The van der Waals surface area contributed by atoms with Gasteiger partial charge in [0.05, 0.1) is 18.4 Å². The van der Waals surface area contributed by atoms with Gasteiger partial charge in [-0.3, -0.25) is 14.6 Å². The fraction of sp³-hybridized carbons (Fsp3) is 0.333. The summed E-state index contributed by atoms with van der Waals surface area (Å²) in [4.78, 5) is 8.94. The highest BCUT2D eigenvalue weighted by molar-refractivity contribution is 5.80. The summed E-state index contributed by atoms with van der Waals surface area (Å²) < 4.78 is 15.5. The highest BCUT2D eigenvalue weighted by Gasteiger charge is 2.17. The van der Waals surface area contributed by atoms with Crippen molar-refractivity contribution < 1.29 is 4.39 Å². The number of nitrogens with zero attached hydrogens (tertiary/aromatic N) is 5. The van der Waals surface area contributed by atoms with Crippen LogP contribution >= 0.6 is 0 Å². The van der Waals surface area contributed by atoms with Crippen LogP contribution in [-0.2, 0) is 6.54 Å². The molecule has 0 spiro atoms. The van der Waals surface area contributed by atoms with Gasteiger partial charge in [0.2, 0.25) is 0 Å². The zero-order valence-electron chi connectivity index (χ0n) is 15.6. The molecular formula is C21H24FN5. The van der Waals surface area contributed by atoms with E-state index in [1.165, 1.54) is 12.1 Å². The third-order valence-corrected chi connectivity index (χ3v) is 5.17. The van der Waals surface area contributed by atoms with Gasteiger partial charge in [-0.1, -0.05) is 0 Å². The van der Waals surface area contributed by atoms with E-state index in [-0.39, 0.29) is 5.82 Å². The number of benzene rings is 1. The van der Waals surface area contributed by atoms with Gasteiger partial charge >= 0.3 is 0 Å². The van der Waals surface area contributed by atoms with Crippen molar-refractivity contribution in [2.75, 3.05) is 39.8 Å². The van der Waals surface area contributed by atoms with Gasteiger partial charge in [-0.25, -0.2) is 4.39 Å². The van der Waals surface area contributed by atoms with Crippen LogP contribution in [0.1, 0.15) is 0 Å². The fourth-order valence-corrected chi connectivity index (χ4v) is 3.52. The minimum atomic E-state index is -0.229. The molecule has 3 heterocycles. The molecule has 3 aromatic rings. The zero-order chi connectivity index (χ0) is 18.6. The third kappa shape index (κ3) is 4.07. The van der Waals surface area contributed by atoms with Crippen molar-refractivity contribution in [3.63, 3.8) is 0 Å². The lowest BCUT2D eigenvalue weighted by molar-refractivity contribution is 0.149. The van der Waals surface area contributed by atoms with Crippen molar-refractivity contribution >= 4 is 0 Å². The minimum Gasteiger partial charge on any atom is -0.304 e. The Morgan fingerprint density at radius 2 is 1.59 bits per heavy atom. The van der Waals surface area contributed by atoms with Crippen molar-refractivity contribution in [3.8, 4) is 22.4 Å². The molecule has 0 amide bonds. The molecule has 5 nitrogen and oxygen atoms in total.